The number of hydrogen-bond donors (Lipinski definition) is 2. The molecule has 46 valence electrons. The first-order valence-corrected chi connectivity index (χ1v) is 2.34. The summed E-state index contributed by atoms with van der Waals surface area (Å²) in [6.45, 7) is 0. The van der Waals surface area contributed by atoms with Crippen molar-refractivity contribution < 1.29 is 5.11 Å². The summed E-state index contributed by atoms with van der Waals surface area (Å²) in [5.74, 6) is 0.146. The van der Waals surface area contributed by atoms with Crippen LogP contribution in [0.4, 0.5) is 5.69 Å². The molecule has 0 atom stereocenters. The molecule has 3 heteroatoms. The van der Waals surface area contributed by atoms with Crippen LogP contribution in [-0.4, -0.2) is 32.4 Å². The molecule has 0 saturated carbocycles. The third-order valence-corrected chi connectivity index (χ3v) is 0.937. The van der Waals surface area contributed by atoms with E-state index in [1.165, 1.54) is 0 Å². The molecule has 3 N–H and O–H groups in total. The summed E-state index contributed by atoms with van der Waals surface area (Å²) in [5, 5.41) is 8.79. The summed E-state index contributed by atoms with van der Waals surface area (Å²) in [4.78, 5) is 0. The molecule has 2 nitrogen and oxygen atoms in total. The number of hydrogen-bond acceptors (Lipinski definition) is 2. The maximum absolute atomic E-state index is 8.79. The average Bonchev–Trinajstić information content (AvgIpc) is 1.77. The molecule has 0 aliphatic carbocycles. The summed E-state index contributed by atoms with van der Waals surface area (Å²) in [5.41, 5.74) is 5.69. The Morgan fingerprint density at radius 2 is 1.78 bits per heavy atom. The molecule has 0 unspecified atom stereocenters. The van der Waals surface area contributed by atoms with Gasteiger partial charge in [-0.2, -0.15) is 0 Å². The van der Waals surface area contributed by atoms with Crippen LogP contribution in [0.3, 0.4) is 0 Å². The molecule has 0 spiro atoms. The van der Waals surface area contributed by atoms with Gasteiger partial charge in [0.1, 0.15) is 5.75 Å². The van der Waals surface area contributed by atoms with Gasteiger partial charge in [-0.05, 0) is 12.1 Å². The number of aromatic hydroxyl groups is 1. The Balaban J connectivity index is 0.000000640. The number of nitrogens with two attached hydrogens (primary N) is 1. The maximum atomic E-state index is 8.79. The van der Waals surface area contributed by atoms with E-state index in [4.69, 9.17) is 10.8 Å². The summed E-state index contributed by atoms with van der Waals surface area (Å²) < 4.78 is 0. The average molecular weight is 316 g/mol. The third-order valence-electron chi connectivity index (χ3n) is 0.937. The van der Waals surface area contributed by atoms with Gasteiger partial charge in [-0.25, -0.2) is 0 Å². The molecule has 0 aromatic heterocycles. The van der Waals surface area contributed by atoms with Crippen LogP contribution in [-0.2, 0) is 0 Å². The predicted octanol–water partition coefficient (Wildman–Crippen LogP) is 0.594. The van der Waals surface area contributed by atoms with Crippen molar-refractivity contribution in [3.05, 3.63) is 24.3 Å². The Morgan fingerprint density at radius 1 is 1.22 bits per heavy atom. The van der Waals surface area contributed by atoms with Crippen LogP contribution in [0.15, 0.2) is 24.3 Å². The van der Waals surface area contributed by atoms with Gasteiger partial charge in [0.05, 0.1) is 5.69 Å². The van der Waals surface area contributed by atoms with Crippen LogP contribution in [0.2, 0.25) is 0 Å². The van der Waals surface area contributed by atoms with Gasteiger partial charge in [0, 0.05) is 27.3 Å². The number of benzene rings is 1. The van der Waals surface area contributed by atoms with Crippen molar-refractivity contribution >= 4 is 33.0 Å². The quantitative estimate of drug-likeness (QED) is 0.418. The molecule has 1 aromatic rings. The summed E-state index contributed by atoms with van der Waals surface area (Å²) >= 11 is 0. The molecule has 1 aromatic carbocycles. The molecular weight excluding hydrogens is 309 g/mol. The maximum Gasteiger partial charge on any atom is 0.138 e. The zero-order valence-electron chi connectivity index (χ0n) is 4.83. The standard InChI is InChI=1S/C6H7NO.Pb/c7-5-3-1-2-4-6(5)8;/h1-4,8H,7H2;. The van der Waals surface area contributed by atoms with Crippen molar-refractivity contribution in [1.82, 2.24) is 0 Å². The number of rotatable bonds is 0. The number of phenols is 1. The Morgan fingerprint density at radius 3 is 2.11 bits per heavy atom. The van der Waals surface area contributed by atoms with Crippen LogP contribution < -0.4 is 5.73 Å². The first kappa shape index (κ1) is 8.74. The summed E-state index contributed by atoms with van der Waals surface area (Å²) in [6, 6.07) is 6.70. The van der Waals surface area contributed by atoms with E-state index in [0.29, 0.717) is 5.69 Å². The van der Waals surface area contributed by atoms with Crippen molar-refractivity contribution in [2.45, 2.75) is 0 Å². The van der Waals surface area contributed by atoms with Gasteiger partial charge in [-0.15, -0.1) is 0 Å². The molecule has 9 heavy (non-hydrogen) atoms. The molecular formula is C6H7NOPb. The largest absolute Gasteiger partial charge is 0.506 e. The van der Waals surface area contributed by atoms with Gasteiger partial charge in [0.2, 0.25) is 0 Å². The molecule has 1 rings (SSSR count). The fraction of sp³-hybridized carbons (Fsp3) is 0. The zero-order valence-corrected chi connectivity index (χ0v) is 8.72. The van der Waals surface area contributed by atoms with E-state index in [0.717, 1.165) is 0 Å². The number of nitrogen functional groups attached to an aromatic ring is 1. The smallest absolute Gasteiger partial charge is 0.138 e. The first-order chi connectivity index (χ1) is 3.80. The molecule has 0 aliphatic heterocycles. The van der Waals surface area contributed by atoms with Crippen LogP contribution in [0.1, 0.15) is 0 Å². The SMILES string of the molecule is Nc1ccccc1O.[Pb]. The van der Waals surface area contributed by atoms with E-state index < -0.39 is 0 Å². The Hall–Kier alpha value is -0.258. The Bertz CT molecular complexity index is 169. The van der Waals surface area contributed by atoms with E-state index >= 15 is 0 Å². The van der Waals surface area contributed by atoms with E-state index in [2.05, 4.69) is 0 Å². The van der Waals surface area contributed by atoms with Gasteiger partial charge in [-0.1, -0.05) is 12.1 Å². The predicted molar refractivity (Wildman–Crippen MR) is 38.3 cm³/mol. The molecule has 0 amide bonds. The number of para-hydroxylation sites is 2. The molecule has 0 aliphatic rings. The van der Waals surface area contributed by atoms with Gasteiger partial charge in [0.15, 0.2) is 0 Å². The van der Waals surface area contributed by atoms with Gasteiger partial charge < -0.3 is 10.8 Å². The van der Waals surface area contributed by atoms with Crippen LogP contribution in [0.5, 0.6) is 5.75 Å². The number of phenolic OH excluding ortho intramolecular Hbond substituents is 1. The third kappa shape index (κ3) is 2.21. The van der Waals surface area contributed by atoms with Gasteiger partial charge >= 0.3 is 0 Å². The van der Waals surface area contributed by atoms with E-state index in [-0.39, 0.29) is 33.0 Å². The Kier molecular flexibility index (Phi) is 3.60. The monoisotopic (exact) mass is 317 g/mol. The molecule has 4 radical (unpaired) electrons. The second-order valence-electron chi connectivity index (χ2n) is 1.56. The van der Waals surface area contributed by atoms with Crippen molar-refractivity contribution in [2.75, 3.05) is 5.73 Å². The van der Waals surface area contributed by atoms with Crippen LogP contribution in [0, 0.1) is 0 Å². The zero-order chi connectivity index (χ0) is 5.98. The topological polar surface area (TPSA) is 46.2 Å². The molecule has 0 heterocycles. The molecule has 0 bridgehead atoms. The van der Waals surface area contributed by atoms with Gasteiger partial charge in [-0.3, -0.25) is 0 Å². The van der Waals surface area contributed by atoms with E-state index in [1.807, 2.05) is 0 Å². The number of anilines is 1. The second-order valence-corrected chi connectivity index (χ2v) is 1.56. The molecule has 0 fully saturated rings. The second kappa shape index (κ2) is 3.71. The fourth-order valence-corrected chi connectivity index (χ4v) is 0.488. The van der Waals surface area contributed by atoms with Crippen molar-refractivity contribution in [2.24, 2.45) is 0 Å². The van der Waals surface area contributed by atoms with E-state index in [1.54, 1.807) is 24.3 Å². The summed E-state index contributed by atoms with van der Waals surface area (Å²) in [6.07, 6.45) is 0. The van der Waals surface area contributed by atoms with Crippen molar-refractivity contribution in [3.8, 4) is 5.75 Å². The minimum atomic E-state index is 0. The summed E-state index contributed by atoms with van der Waals surface area (Å²) in [7, 11) is 0. The normalized spacial score (nSPS) is 8.00. The van der Waals surface area contributed by atoms with E-state index in [9.17, 15) is 0 Å². The Labute approximate surface area is 73.8 Å². The van der Waals surface area contributed by atoms with Gasteiger partial charge in [0.25, 0.3) is 0 Å². The minimum absolute atomic E-state index is 0. The van der Waals surface area contributed by atoms with Crippen molar-refractivity contribution in [1.29, 1.82) is 0 Å². The van der Waals surface area contributed by atoms with Crippen molar-refractivity contribution in [3.63, 3.8) is 0 Å². The first-order valence-electron chi connectivity index (χ1n) is 2.34. The van der Waals surface area contributed by atoms with Crippen LogP contribution in [0.25, 0.3) is 0 Å². The minimum Gasteiger partial charge on any atom is -0.506 e. The fourth-order valence-electron chi connectivity index (χ4n) is 0.488. The molecule has 0 saturated heterocycles. The van der Waals surface area contributed by atoms with Crippen LogP contribution >= 0.6 is 0 Å².